The molecule has 5 nitrogen and oxygen atoms in total. The summed E-state index contributed by atoms with van der Waals surface area (Å²) in [4.78, 5) is 23.2. The van der Waals surface area contributed by atoms with Gasteiger partial charge in [-0.2, -0.15) is 25.3 Å². The summed E-state index contributed by atoms with van der Waals surface area (Å²) in [5.74, 6) is 1.04. The highest BCUT2D eigenvalue weighted by Crippen LogP contribution is 2.34. The van der Waals surface area contributed by atoms with Crippen LogP contribution < -0.4 is 15.4 Å². The zero-order chi connectivity index (χ0) is 21.7. The lowest BCUT2D eigenvalue weighted by molar-refractivity contribution is -0.119. The largest absolute Gasteiger partial charge is 0.457 e. The van der Waals surface area contributed by atoms with Gasteiger partial charge in [-0.05, 0) is 42.1 Å². The first-order chi connectivity index (χ1) is 14.4. The number of halogens is 1. The van der Waals surface area contributed by atoms with Crippen molar-refractivity contribution in [2.24, 2.45) is 0 Å². The molecule has 8 heteroatoms. The standard InChI is InChI=1S/C22H21ClN2O3S2/c1-13(24-21(26)11-29)14-5-7-17-15(9-14)3-2-4-20(17)28-16-6-8-18(23)19(10-16)25-22(27)12-30/h2-10,13,29-30H,11-12H2,1H3,(H,24,26)(H,25,27)/t13-/m1/s1. The van der Waals surface area contributed by atoms with Gasteiger partial charge in [0.25, 0.3) is 0 Å². The first-order valence-corrected chi connectivity index (χ1v) is 10.9. The second-order valence-corrected chi connectivity index (χ2v) is 7.67. The van der Waals surface area contributed by atoms with Gasteiger partial charge in [-0.3, -0.25) is 9.59 Å². The van der Waals surface area contributed by atoms with Gasteiger partial charge in [-0.1, -0.05) is 35.9 Å². The highest BCUT2D eigenvalue weighted by atomic mass is 35.5. The van der Waals surface area contributed by atoms with E-state index in [1.165, 1.54) is 0 Å². The fourth-order valence-electron chi connectivity index (χ4n) is 2.98. The Morgan fingerprint density at radius 1 is 1.03 bits per heavy atom. The number of carbonyl (C=O) groups excluding carboxylic acids is 2. The number of carbonyl (C=O) groups is 2. The molecule has 0 unspecified atom stereocenters. The molecule has 0 aliphatic heterocycles. The lowest BCUT2D eigenvalue weighted by Crippen LogP contribution is -2.27. The van der Waals surface area contributed by atoms with Crippen LogP contribution in [0.25, 0.3) is 10.8 Å². The smallest absolute Gasteiger partial charge is 0.234 e. The van der Waals surface area contributed by atoms with Crippen LogP contribution in [0.1, 0.15) is 18.5 Å². The van der Waals surface area contributed by atoms with Gasteiger partial charge in [-0.15, -0.1) is 0 Å². The monoisotopic (exact) mass is 460 g/mol. The van der Waals surface area contributed by atoms with Crippen LogP contribution in [0, 0.1) is 0 Å². The van der Waals surface area contributed by atoms with Gasteiger partial charge in [-0.25, -0.2) is 0 Å². The topological polar surface area (TPSA) is 67.4 Å². The van der Waals surface area contributed by atoms with Crippen molar-refractivity contribution in [1.82, 2.24) is 5.32 Å². The van der Waals surface area contributed by atoms with Crippen LogP contribution in [0.5, 0.6) is 11.5 Å². The van der Waals surface area contributed by atoms with E-state index in [-0.39, 0.29) is 29.4 Å². The van der Waals surface area contributed by atoms with E-state index in [0.717, 1.165) is 16.3 Å². The lowest BCUT2D eigenvalue weighted by atomic mass is 10.0. The zero-order valence-electron chi connectivity index (χ0n) is 16.2. The number of thiol groups is 2. The van der Waals surface area contributed by atoms with Crippen molar-refractivity contribution < 1.29 is 14.3 Å². The summed E-state index contributed by atoms with van der Waals surface area (Å²) in [6.07, 6.45) is 0. The average Bonchev–Trinajstić information content (AvgIpc) is 2.75. The van der Waals surface area contributed by atoms with Gasteiger partial charge in [0.05, 0.1) is 28.3 Å². The number of nitrogens with one attached hydrogen (secondary N) is 2. The molecule has 2 N–H and O–H groups in total. The van der Waals surface area contributed by atoms with Crippen molar-refractivity contribution in [3.63, 3.8) is 0 Å². The van der Waals surface area contributed by atoms with Crippen LogP contribution in [0.4, 0.5) is 5.69 Å². The van der Waals surface area contributed by atoms with E-state index in [0.29, 0.717) is 22.2 Å². The number of rotatable bonds is 7. The zero-order valence-corrected chi connectivity index (χ0v) is 18.7. The molecule has 0 radical (unpaired) electrons. The minimum absolute atomic E-state index is 0.0555. The summed E-state index contributed by atoms with van der Waals surface area (Å²) in [5, 5.41) is 7.91. The molecule has 2 amide bonds. The Bertz CT molecular complexity index is 1090. The first-order valence-electron chi connectivity index (χ1n) is 9.22. The molecule has 3 rings (SSSR count). The molecule has 156 valence electrons. The Morgan fingerprint density at radius 3 is 2.53 bits per heavy atom. The normalized spacial score (nSPS) is 11.7. The average molecular weight is 461 g/mol. The number of hydrogen-bond donors (Lipinski definition) is 4. The summed E-state index contributed by atoms with van der Waals surface area (Å²) in [7, 11) is 0. The van der Waals surface area contributed by atoms with Gasteiger partial charge >= 0.3 is 0 Å². The summed E-state index contributed by atoms with van der Waals surface area (Å²) in [6, 6.07) is 16.6. The lowest BCUT2D eigenvalue weighted by Gasteiger charge is -2.16. The molecule has 0 spiro atoms. The molecule has 0 saturated heterocycles. The Balaban J connectivity index is 1.87. The first kappa shape index (κ1) is 22.3. The second kappa shape index (κ2) is 10.1. The molecule has 0 aliphatic carbocycles. The second-order valence-electron chi connectivity index (χ2n) is 6.63. The molecule has 0 aliphatic rings. The summed E-state index contributed by atoms with van der Waals surface area (Å²) < 4.78 is 6.08. The number of ether oxygens (including phenoxy) is 1. The highest BCUT2D eigenvalue weighted by Gasteiger charge is 2.12. The van der Waals surface area contributed by atoms with Crippen molar-refractivity contribution in [3.8, 4) is 11.5 Å². The molecule has 30 heavy (non-hydrogen) atoms. The molecular weight excluding hydrogens is 440 g/mol. The summed E-state index contributed by atoms with van der Waals surface area (Å²) >= 11 is 14.1. The number of benzene rings is 3. The van der Waals surface area contributed by atoms with Crippen molar-refractivity contribution in [3.05, 3.63) is 65.2 Å². The Kier molecular flexibility index (Phi) is 7.53. The third-order valence-electron chi connectivity index (χ3n) is 4.47. The van der Waals surface area contributed by atoms with E-state index in [1.54, 1.807) is 18.2 Å². The fraction of sp³-hybridized carbons (Fsp3) is 0.182. The highest BCUT2D eigenvalue weighted by molar-refractivity contribution is 7.81. The molecule has 0 saturated carbocycles. The molecule has 3 aromatic rings. The molecule has 0 heterocycles. The SMILES string of the molecule is C[C@@H](NC(=O)CS)c1ccc2c(Oc3ccc(Cl)c(NC(=O)CS)c3)cccc2c1. The van der Waals surface area contributed by atoms with Gasteiger partial charge in [0.1, 0.15) is 11.5 Å². The van der Waals surface area contributed by atoms with E-state index in [4.69, 9.17) is 16.3 Å². The Hall–Kier alpha value is -2.35. The molecule has 0 fully saturated rings. The van der Waals surface area contributed by atoms with Crippen LogP contribution in [-0.4, -0.2) is 23.3 Å². The third kappa shape index (κ3) is 5.41. The quantitative estimate of drug-likeness (QED) is 0.363. The predicted octanol–water partition coefficient (Wildman–Crippen LogP) is 5.26. The van der Waals surface area contributed by atoms with E-state index >= 15 is 0 Å². The van der Waals surface area contributed by atoms with Gasteiger partial charge in [0.2, 0.25) is 11.8 Å². The Labute approximate surface area is 191 Å². The molecule has 0 aromatic heterocycles. The van der Waals surface area contributed by atoms with Crippen molar-refractivity contribution in [2.75, 3.05) is 16.8 Å². The maximum atomic E-state index is 11.6. The van der Waals surface area contributed by atoms with Gasteiger partial charge in [0.15, 0.2) is 0 Å². The number of amides is 2. The molecule has 3 aromatic carbocycles. The van der Waals surface area contributed by atoms with E-state index in [9.17, 15) is 9.59 Å². The number of hydrogen-bond acceptors (Lipinski definition) is 5. The maximum absolute atomic E-state index is 11.6. The Morgan fingerprint density at radius 2 is 1.80 bits per heavy atom. The van der Waals surface area contributed by atoms with Gasteiger partial charge in [0, 0.05) is 11.5 Å². The van der Waals surface area contributed by atoms with Crippen LogP contribution >= 0.6 is 36.9 Å². The van der Waals surface area contributed by atoms with Crippen LogP contribution in [0.3, 0.4) is 0 Å². The van der Waals surface area contributed by atoms with E-state index in [1.807, 2.05) is 43.3 Å². The summed E-state index contributed by atoms with van der Waals surface area (Å²) in [5.41, 5.74) is 1.45. The van der Waals surface area contributed by atoms with Crippen LogP contribution in [-0.2, 0) is 9.59 Å². The van der Waals surface area contributed by atoms with Crippen molar-refractivity contribution >= 4 is 65.1 Å². The summed E-state index contributed by atoms with van der Waals surface area (Å²) in [6.45, 7) is 1.93. The van der Waals surface area contributed by atoms with E-state index < -0.39 is 0 Å². The predicted molar refractivity (Wildman–Crippen MR) is 128 cm³/mol. The van der Waals surface area contributed by atoms with Crippen molar-refractivity contribution in [2.45, 2.75) is 13.0 Å². The minimum atomic E-state index is -0.255. The van der Waals surface area contributed by atoms with Crippen LogP contribution in [0.2, 0.25) is 5.02 Å². The molecule has 1 atom stereocenters. The minimum Gasteiger partial charge on any atom is -0.457 e. The maximum Gasteiger partial charge on any atom is 0.234 e. The van der Waals surface area contributed by atoms with Crippen LogP contribution in [0.15, 0.2) is 54.6 Å². The van der Waals surface area contributed by atoms with Crippen molar-refractivity contribution in [1.29, 1.82) is 0 Å². The number of anilines is 1. The molecular formula is C22H21ClN2O3S2. The fourth-order valence-corrected chi connectivity index (χ4v) is 3.32. The number of fused-ring (bicyclic) bond motifs is 1. The third-order valence-corrected chi connectivity index (χ3v) is 5.37. The molecule has 0 bridgehead atoms. The van der Waals surface area contributed by atoms with E-state index in [2.05, 4.69) is 35.9 Å². The van der Waals surface area contributed by atoms with Gasteiger partial charge < -0.3 is 15.4 Å².